The van der Waals surface area contributed by atoms with Crippen LogP contribution in [0.25, 0.3) is 0 Å². The number of ether oxygens (including phenoxy) is 1. The highest BCUT2D eigenvalue weighted by molar-refractivity contribution is 5.22. The monoisotopic (exact) mass is 181 g/mol. The topological polar surface area (TPSA) is 9.23 Å². The molecule has 0 aliphatic rings. The average Bonchev–Trinajstić information content (AvgIpc) is 2.16. The number of hydrogen-bond acceptors (Lipinski definition) is 1. The van der Waals surface area contributed by atoms with Crippen LogP contribution in [0.3, 0.4) is 0 Å². The first-order chi connectivity index (χ1) is 6.24. The molecule has 0 aliphatic carbocycles. The first-order valence-electron chi connectivity index (χ1n) is 4.53. The van der Waals surface area contributed by atoms with Crippen molar-refractivity contribution in [1.29, 1.82) is 0 Å². The van der Waals surface area contributed by atoms with E-state index in [1.54, 1.807) is 12.1 Å². The van der Waals surface area contributed by atoms with E-state index in [-0.39, 0.29) is 0 Å². The molecule has 1 unspecified atom stereocenters. The van der Waals surface area contributed by atoms with Gasteiger partial charge in [0.15, 0.2) is 11.6 Å². The fourth-order valence-corrected chi connectivity index (χ4v) is 0.862. The van der Waals surface area contributed by atoms with E-state index in [4.69, 9.17) is 4.74 Å². The van der Waals surface area contributed by atoms with Crippen LogP contribution in [0, 0.1) is 17.8 Å². The van der Waals surface area contributed by atoms with E-state index < -0.39 is 5.82 Å². The minimum atomic E-state index is -0.411. The molecular weight excluding hydrogens is 167 g/mol. The van der Waals surface area contributed by atoms with Crippen LogP contribution in [0.1, 0.15) is 20.3 Å². The van der Waals surface area contributed by atoms with Gasteiger partial charge in [-0.15, -0.1) is 0 Å². The van der Waals surface area contributed by atoms with Gasteiger partial charge in [-0.1, -0.05) is 32.4 Å². The number of hydrogen-bond donors (Lipinski definition) is 0. The molecule has 0 spiro atoms. The number of halogens is 1. The molecule has 0 amide bonds. The molecule has 1 radical (unpaired) electrons. The second-order valence-corrected chi connectivity index (χ2v) is 3.17. The fourth-order valence-electron chi connectivity index (χ4n) is 0.862. The molecule has 0 aliphatic heterocycles. The van der Waals surface area contributed by atoms with Gasteiger partial charge in [-0.25, -0.2) is 4.39 Å². The summed E-state index contributed by atoms with van der Waals surface area (Å²) in [5.74, 6) is 0.341. The van der Waals surface area contributed by atoms with E-state index in [0.29, 0.717) is 18.3 Å². The third kappa shape index (κ3) is 3.05. The summed E-state index contributed by atoms with van der Waals surface area (Å²) < 4.78 is 18.2. The SMILES string of the molecule is CCC(C)COc1ccc[c]c1F. The van der Waals surface area contributed by atoms with Gasteiger partial charge in [-0.3, -0.25) is 0 Å². The molecule has 0 fully saturated rings. The Morgan fingerprint density at radius 1 is 1.62 bits per heavy atom. The highest BCUT2D eigenvalue weighted by atomic mass is 19.1. The summed E-state index contributed by atoms with van der Waals surface area (Å²) in [5, 5.41) is 0. The van der Waals surface area contributed by atoms with Crippen molar-refractivity contribution < 1.29 is 9.13 Å². The zero-order valence-electron chi connectivity index (χ0n) is 8.01. The van der Waals surface area contributed by atoms with Crippen LogP contribution in [0.4, 0.5) is 4.39 Å². The molecule has 1 rings (SSSR count). The molecule has 0 aromatic heterocycles. The lowest BCUT2D eigenvalue weighted by Crippen LogP contribution is -2.07. The molecule has 1 atom stereocenters. The summed E-state index contributed by atoms with van der Waals surface area (Å²) >= 11 is 0. The highest BCUT2D eigenvalue weighted by Crippen LogP contribution is 2.16. The minimum absolute atomic E-state index is 0.294. The summed E-state index contributed by atoms with van der Waals surface area (Å²) in [6.45, 7) is 4.72. The Morgan fingerprint density at radius 2 is 2.38 bits per heavy atom. The molecule has 1 nitrogen and oxygen atoms in total. The highest BCUT2D eigenvalue weighted by Gasteiger charge is 2.04. The van der Waals surface area contributed by atoms with Gasteiger partial charge in [-0.2, -0.15) is 0 Å². The first kappa shape index (κ1) is 10.0. The van der Waals surface area contributed by atoms with Gasteiger partial charge in [0.25, 0.3) is 0 Å². The molecule has 0 saturated carbocycles. The van der Waals surface area contributed by atoms with Crippen molar-refractivity contribution in [1.82, 2.24) is 0 Å². The van der Waals surface area contributed by atoms with Gasteiger partial charge >= 0.3 is 0 Å². The summed E-state index contributed by atoms with van der Waals surface area (Å²) in [4.78, 5) is 0. The Labute approximate surface area is 78.5 Å². The largest absolute Gasteiger partial charge is 0.490 e. The zero-order valence-corrected chi connectivity index (χ0v) is 8.01. The summed E-state index contributed by atoms with van der Waals surface area (Å²) in [6, 6.07) is 7.32. The molecule has 71 valence electrons. The zero-order chi connectivity index (χ0) is 9.68. The third-order valence-corrected chi connectivity index (χ3v) is 1.99. The number of benzene rings is 1. The van der Waals surface area contributed by atoms with Crippen molar-refractivity contribution in [2.75, 3.05) is 6.61 Å². The maximum atomic E-state index is 13.0. The van der Waals surface area contributed by atoms with E-state index >= 15 is 0 Å². The van der Waals surface area contributed by atoms with Gasteiger partial charge in [0.2, 0.25) is 0 Å². The Hall–Kier alpha value is -1.05. The molecule has 2 heteroatoms. The smallest absolute Gasteiger partial charge is 0.172 e. The quantitative estimate of drug-likeness (QED) is 0.693. The van der Waals surface area contributed by atoms with Gasteiger partial charge in [0.05, 0.1) is 6.61 Å². The molecule has 0 N–H and O–H groups in total. The fraction of sp³-hybridized carbons (Fsp3) is 0.455. The molecule has 1 aromatic rings. The van der Waals surface area contributed by atoms with E-state index in [1.165, 1.54) is 6.07 Å². The molecule has 1 aromatic carbocycles. The van der Waals surface area contributed by atoms with Crippen LogP contribution < -0.4 is 4.74 Å². The lowest BCUT2D eigenvalue weighted by atomic mass is 10.1. The maximum absolute atomic E-state index is 13.0. The predicted molar refractivity (Wildman–Crippen MR) is 50.2 cm³/mol. The average molecular weight is 181 g/mol. The molecule has 0 bridgehead atoms. The molecular formula is C11H14FO. The summed E-state index contributed by atoms with van der Waals surface area (Å²) in [6.07, 6.45) is 1.04. The molecule has 0 saturated heterocycles. The summed E-state index contributed by atoms with van der Waals surface area (Å²) in [5.41, 5.74) is 0. The van der Waals surface area contributed by atoms with Crippen molar-refractivity contribution in [3.8, 4) is 5.75 Å². The van der Waals surface area contributed by atoms with E-state index in [0.717, 1.165) is 6.42 Å². The maximum Gasteiger partial charge on any atom is 0.172 e. The van der Waals surface area contributed by atoms with E-state index in [2.05, 4.69) is 19.9 Å². The lowest BCUT2D eigenvalue weighted by Gasteiger charge is -2.10. The van der Waals surface area contributed by atoms with E-state index in [9.17, 15) is 4.39 Å². The molecule has 13 heavy (non-hydrogen) atoms. The standard InChI is InChI=1S/C11H14FO/c1-3-9(2)8-13-11-7-5-4-6-10(11)12/h4-5,7,9H,3,8H2,1-2H3. The van der Waals surface area contributed by atoms with Crippen molar-refractivity contribution in [2.45, 2.75) is 20.3 Å². The van der Waals surface area contributed by atoms with Crippen LogP contribution in [0.15, 0.2) is 18.2 Å². The Morgan fingerprint density at radius 3 is 3.00 bits per heavy atom. The van der Waals surface area contributed by atoms with Crippen molar-refractivity contribution >= 4 is 0 Å². The van der Waals surface area contributed by atoms with E-state index in [1.807, 2.05) is 0 Å². The van der Waals surface area contributed by atoms with Gasteiger partial charge in [-0.05, 0) is 12.0 Å². The van der Waals surface area contributed by atoms with Gasteiger partial charge in [0, 0.05) is 6.07 Å². The van der Waals surface area contributed by atoms with Crippen molar-refractivity contribution in [3.05, 3.63) is 30.1 Å². The van der Waals surface area contributed by atoms with Crippen LogP contribution in [0.5, 0.6) is 5.75 Å². The predicted octanol–water partition coefficient (Wildman–Crippen LogP) is 3.05. The number of rotatable bonds is 4. The van der Waals surface area contributed by atoms with Crippen molar-refractivity contribution in [3.63, 3.8) is 0 Å². The lowest BCUT2D eigenvalue weighted by molar-refractivity contribution is 0.246. The second kappa shape index (κ2) is 4.85. The second-order valence-electron chi connectivity index (χ2n) is 3.17. The first-order valence-corrected chi connectivity index (χ1v) is 4.53. The third-order valence-electron chi connectivity index (χ3n) is 1.99. The van der Waals surface area contributed by atoms with Crippen LogP contribution in [0.2, 0.25) is 0 Å². The van der Waals surface area contributed by atoms with Crippen LogP contribution >= 0.6 is 0 Å². The van der Waals surface area contributed by atoms with Crippen molar-refractivity contribution in [2.24, 2.45) is 5.92 Å². The summed E-state index contributed by atoms with van der Waals surface area (Å²) in [7, 11) is 0. The van der Waals surface area contributed by atoms with Gasteiger partial charge in [0.1, 0.15) is 0 Å². The Balaban J connectivity index is 2.50. The van der Waals surface area contributed by atoms with Crippen LogP contribution in [-0.2, 0) is 0 Å². The Kier molecular flexibility index (Phi) is 3.74. The normalized spacial score (nSPS) is 12.5. The van der Waals surface area contributed by atoms with Crippen LogP contribution in [-0.4, -0.2) is 6.61 Å². The Bertz CT molecular complexity index is 260. The van der Waals surface area contributed by atoms with Gasteiger partial charge < -0.3 is 4.74 Å². The minimum Gasteiger partial charge on any atom is -0.490 e. The molecule has 0 heterocycles.